The first-order chi connectivity index (χ1) is 26.2. The van der Waals surface area contributed by atoms with E-state index in [1.807, 2.05) is 0 Å². The van der Waals surface area contributed by atoms with Crippen molar-refractivity contribution in [2.24, 2.45) is 7.05 Å². The summed E-state index contributed by atoms with van der Waals surface area (Å²) in [6.45, 7) is 0. The van der Waals surface area contributed by atoms with Gasteiger partial charge in [0.1, 0.15) is 5.69 Å². The maximum atomic E-state index is 14.6. The van der Waals surface area contributed by atoms with Crippen molar-refractivity contribution < 1.29 is 35.9 Å². The van der Waals surface area contributed by atoms with Crippen LogP contribution in [-0.2, 0) is 30.6 Å². The highest BCUT2D eigenvalue weighted by atomic mass is 35.5. The highest BCUT2D eigenvalue weighted by Gasteiger charge is 2.37. The maximum Gasteiger partial charge on any atom is 0.417 e. The number of nitrogens with zero attached hydrogens (tertiary/aromatic N) is 4. The third kappa shape index (κ3) is 7.38. The fourth-order valence-electron chi connectivity index (χ4n) is 6.49. The van der Waals surface area contributed by atoms with Crippen molar-refractivity contribution in [3.63, 3.8) is 0 Å². The molecule has 0 radical (unpaired) electrons. The van der Waals surface area contributed by atoms with Gasteiger partial charge >= 0.3 is 12.4 Å². The quantitative estimate of drug-likeness (QED) is 0.133. The molecule has 0 saturated heterocycles. The van der Waals surface area contributed by atoms with E-state index in [1.165, 1.54) is 78.3 Å². The van der Waals surface area contributed by atoms with E-state index in [-0.39, 0.29) is 56.9 Å². The number of alkyl halides is 6. The minimum Gasteiger partial charge on any atom is -0.338 e. The number of anilines is 2. The number of carbonyl (C=O) groups is 2. The minimum absolute atomic E-state index is 0.0104. The lowest BCUT2D eigenvalue weighted by Gasteiger charge is -2.21. The minimum atomic E-state index is -4.89. The Morgan fingerprint density at radius 2 is 1.35 bits per heavy atom. The van der Waals surface area contributed by atoms with Crippen molar-refractivity contribution in [3.05, 3.63) is 137 Å². The summed E-state index contributed by atoms with van der Waals surface area (Å²) in [5.41, 5.74) is -2.44. The van der Waals surface area contributed by atoms with E-state index >= 15 is 0 Å². The Bertz CT molecular complexity index is 2570. The first-order valence-electron chi connectivity index (χ1n) is 16.4. The SMILES string of the molecule is Cn1c(C(=O)Nc2ccc(Cl)cc2-c2nnn[nH]2)cc2c(-c3ccccc3C(F)(F)F)cc(-c3ccccc3C(F)(F)F)c(NC(=O)Cc3ccccc3)c21. The van der Waals surface area contributed by atoms with E-state index in [0.29, 0.717) is 16.1 Å². The molecule has 0 fully saturated rings. The van der Waals surface area contributed by atoms with E-state index in [0.717, 1.165) is 12.1 Å². The first-order valence-corrected chi connectivity index (χ1v) is 16.8. The zero-order valence-corrected chi connectivity index (χ0v) is 29.1. The van der Waals surface area contributed by atoms with Gasteiger partial charge < -0.3 is 15.2 Å². The van der Waals surface area contributed by atoms with Crippen molar-refractivity contribution >= 4 is 45.7 Å². The number of benzene rings is 5. The van der Waals surface area contributed by atoms with Crippen LogP contribution in [0.5, 0.6) is 0 Å². The highest BCUT2D eigenvalue weighted by molar-refractivity contribution is 6.31. The molecule has 0 saturated carbocycles. The van der Waals surface area contributed by atoms with Gasteiger partial charge in [-0.1, -0.05) is 78.3 Å². The van der Waals surface area contributed by atoms with Crippen LogP contribution >= 0.6 is 11.6 Å². The number of amides is 2. The van der Waals surface area contributed by atoms with Crippen molar-refractivity contribution in [3.8, 4) is 33.6 Å². The average Bonchev–Trinajstić information content (AvgIpc) is 3.81. The number of hydrogen-bond donors (Lipinski definition) is 3. The number of fused-ring (bicyclic) bond motifs is 1. The van der Waals surface area contributed by atoms with Crippen LogP contribution in [0, 0.1) is 0 Å². The summed E-state index contributed by atoms with van der Waals surface area (Å²) in [7, 11) is 1.42. The van der Waals surface area contributed by atoms with Crippen LogP contribution in [0.15, 0.2) is 109 Å². The van der Waals surface area contributed by atoms with Gasteiger partial charge in [-0.15, -0.1) is 5.10 Å². The summed E-state index contributed by atoms with van der Waals surface area (Å²) in [5.74, 6) is -1.22. The first kappa shape index (κ1) is 36.9. The van der Waals surface area contributed by atoms with Crippen LogP contribution in [0.4, 0.5) is 37.7 Å². The van der Waals surface area contributed by atoms with Crippen molar-refractivity contribution in [2.45, 2.75) is 18.8 Å². The number of aryl methyl sites for hydroxylation is 1. The Kier molecular flexibility index (Phi) is 9.65. The zero-order valence-electron chi connectivity index (χ0n) is 28.4. The van der Waals surface area contributed by atoms with Gasteiger partial charge in [0.2, 0.25) is 5.91 Å². The number of aromatic nitrogens is 5. The highest BCUT2D eigenvalue weighted by Crippen LogP contribution is 2.48. The zero-order chi connectivity index (χ0) is 39.1. The Morgan fingerprint density at radius 3 is 1.96 bits per heavy atom. The summed E-state index contributed by atoms with van der Waals surface area (Å²) in [4.78, 5) is 27.9. The van der Waals surface area contributed by atoms with E-state index in [2.05, 4.69) is 31.3 Å². The summed E-state index contributed by atoms with van der Waals surface area (Å²) < 4.78 is 88.9. The molecule has 5 aromatic carbocycles. The molecule has 0 spiro atoms. The molecule has 278 valence electrons. The van der Waals surface area contributed by atoms with Crippen molar-refractivity contribution in [1.29, 1.82) is 0 Å². The van der Waals surface area contributed by atoms with Crippen LogP contribution in [0.1, 0.15) is 27.2 Å². The van der Waals surface area contributed by atoms with Gasteiger partial charge in [0.25, 0.3) is 5.91 Å². The molecule has 0 aliphatic heterocycles. The lowest BCUT2D eigenvalue weighted by atomic mass is 9.89. The molecular formula is C39H26ClF6N7O2. The molecule has 0 unspecified atom stereocenters. The predicted molar refractivity (Wildman–Crippen MR) is 195 cm³/mol. The number of H-pyrrole nitrogens is 1. The number of tetrazole rings is 1. The van der Waals surface area contributed by atoms with Crippen LogP contribution in [0.2, 0.25) is 5.02 Å². The summed E-state index contributed by atoms with van der Waals surface area (Å²) in [6.07, 6.45) is -9.95. The Balaban J connectivity index is 1.51. The van der Waals surface area contributed by atoms with Crippen LogP contribution in [-0.4, -0.2) is 37.0 Å². The monoisotopic (exact) mass is 773 g/mol. The molecule has 0 bridgehead atoms. The average molecular weight is 774 g/mol. The molecule has 7 aromatic rings. The molecule has 9 nitrogen and oxygen atoms in total. The van der Waals surface area contributed by atoms with E-state index in [4.69, 9.17) is 11.6 Å². The van der Waals surface area contributed by atoms with E-state index < -0.39 is 40.9 Å². The molecule has 7 rings (SSSR count). The second kappa shape index (κ2) is 14.4. The molecule has 3 N–H and O–H groups in total. The Morgan fingerprint density at radius 1 is 0.727 bits per heavy atom. The number of rotatable bonds is 8. The lowest BCUT2D eigenvalue weighted by molar-refractivity contribution is -0.137. The fourth-order valence-corrected chi connectivity index (χ4v) is 6.66. The number of hydrogen-bond acceptors (Lipinski definition) is 5. The Hall–Kier alpha value is -6.48. The molecular weight excluding hydrogens is 748 g/mol. The molecule has 0 aliphatic rings. The second-order valence-electron chi connectivity index (χ2n) is 12.4. The van der Waals surface area contributed by atoms with Gasteiger partial charge in [-0.2, -0.15) is 26.3 Å². The summed E-state index contributed by atoms with van der Waals surface area (Å²) in [6, 6.07) is 24.7. The van der Waals surface area contributed by atoms with Crippen LogP contribution < -0.4 is 10.6 Å². The number of aromatic amines is 1. The molecule has 55 heavy (non-hydrogen) atoms. The molecule has 0 atom stereocenters. The summed E-state index contributed by atoms with van der Waals surface area (Å²) >= 11 is 6.22. The van der Waals surface area contributed by atoms with Gasteiger partial charge in [0, 0.05) is 28.6 Å². The van der Waals surface area contributed by atoms with Crippen molar-refractivity contribution in [1.82, 2.24) is 25.2 Å². The van der Waals surface area contributed by atoms with Crippen LogP contribution in [0.25, 0.3) is 44.5 Å². The standard InChI is InChI=1S/C39H26ClF6N7O2/c1-53-32(37(55)47-31-16-15-22(40)18-28(31)36-49-51-52-50-36)20-27-25(23-11-5-7-13-29(23)38(41,42)43)19-26(24-12-6-8-14-30(24)39(44,45)46)34(35(27)53)48-33(54)17-21-9-3-2-4-10-21/h2-16,18-20H,17H2,1H3,(H,47,55)(H,48,54)(H,49,50,51,52). The molecule has 2 aromatic heterocycles. The number of nitrogens with one attached hydrogen (secondary N) is 3. The summed E-state index contributed by atoms with van der Waals surface area (Å²) in [5, 5.41) is 19.4. The van der Waals surface area contributed by atoms with Crippen molar-refractivity contribution in [2.75, 3.05) is 10.6 Å². The predicted octanol–water partition coefficient (Wildman–Crippen LogP) is 9.82. The molecule has 0 aliphatic carbocycles. The Labute approximate surface area is 313 Å². The molecule has 2 amide bonds. The third-order valence-electron chi connectivity index (χ3n) is 8.90. The maximum absolute atomic E-state index is 14.6. The number of halogens is 7. The second-order valence-corrected chi connectivity index (χ2v) is 12.8. The van der Waals surface area contributed by atoms with Crippen LogP contribution in [0.3, 0.4) is 0 Å². The fraction of sp³-hybridized carbons (Fsp3) is 0.103. The van der Waals surface area contributed by atoms with Gasteiger partial charge in [0.05, 0.1) is 34.4 Å². The van der Waals surface area contributed by atoms with Gasteiger partial charge in [0.15, 0.2) is 5.82 Å². The van der Waals surface area contributed by atoms with Gasteiger partial charge in [-0.3, -0.25) is 9.59 Å². The smallest absolute Gasteiger partial charge is 0.338 e. The van der Waals surface area contributed by atoms with E-state index in [9.17, 15) is 35.9 Å². The van der Waals surface area contributed by atoms with E-state index in [1.54, 1.807) is 30.3 Å². The molecule has 2 heterocycles. The topological polar surface area (TPSA) is 118 Å². The van der Waals surface area contributed by atoms with Gasteiger partial charge in [-0.05, 0) is 75.1 Å². The molecule has 16 heteroatoms. The lowest BCUT2D eigenvalue weighted by Crippen LogP contribution is -2.18. The normalized spacial score (nSPS) is 11.9. The largest absolute Gasteiger partial charge is 0.417 e. The van der Waals surface area contributed by atoms with Gasteiger partial charge in [-0.25, -0.2) is 5.10 Å². The third-order valence-corrected chi connectivity index (χ3v) is 9.13. The number of carbonyl (C=O) groups excluding carboxylic acids is 2.